The Bertz CT molecular complexity index is 481. The fourth-order valence-corrected chi connectivity index (χ4v) is 5.96. The average molecular weight is 329 g/mol. The fourth-order valence-electron chi connectivity index (χ4n) is 3.73. The number of carbonyl (C=O) groups is 1. The maximum atomic E-state index is 12.9. The van der Waals surface area contributed by atoms with Crippen LogP contribution in [0.15, 0.2) is 0 Å². The number of hydrogen-bond donors (Lipinski definition) is 3. The average Bonchev–Trinajstić information content (AvgIpc) is 3.17. The predicted molar refractivity (Wildman–Crippen MR) is 86.7 cm³/mol. The van der Waals surface area contributed by atoms with Crippen LogP contribution >= 0.6 is 7.59 Å². The first-order chi connectivity index (χ1) is 10.1. The van der Waals surface area contributed by atoms with E-state index in [-0.39, 0.29) is 23.2 Å². The predicted octanol–water partition coefficient (Wildman–Crippen LogP) is 1.33. The molecule has 0 aromatic rings. The highest BCUT2D eigenvalue weighted by Crippen LogP contribution is 2.56. The van der Waals surface area contributed by atoms with Gasteiger partial charge in [0.25, 0.3) is 0 Å². The lowest BCUT2D eigenvalue weighted by Gasteiger charge is -2.46. The minimum Gasteiger partial charge on any atom is -0.335 e. The van der Waals surface area contributed by atoms with Crippen LogP contribution in [0.25, 0.3) is 0 Å². The Hall–Kier alpha value is -0.620. The lowest BCUT2D eigenvalue weighted by Crippen LogP contribution is -2.62. The molecule has 0 aromatic carbocycles. The van der Waals surface area contributed by atoms with E-state index in [1.165, 1.54) is 0 Å². The van der Waals surface area contributed by atoms with Gasteiger partial charge in [-0.2, -0.15) is 0 Å². The van der Waals surface area contributed by atoms with Crippen LogP contribution in [0.3, 0.4) is 0 Å². The Morgan fingerprint density at radius 3 is 1.91 bits per heavy atom. The van der Waals surface area contributed by atoms with Gasteiger partial charge in [-0.05, 0) is 40.5 Å². The molecule has 7 nitrogen and oxygen atoms in total. The van der Waals surface area contributed by atoms with Crippen molar-refractivity contribution in [2.75, 3.05) is 26.2 Å². The Morgan fingerprint density at radius 1 is 1.05 bits per heavy atom. The van der Waals surface area contributed by atoms with Crippen molar-refractivity contribution in [3.8, 4) is 0 Å². The molecular weight excluding hydrogens is 301 g/mol. The maximum Gasteiger partial charge on any atom is 0.322 e. The quantitative estimate of drug-likeness (QED) is 0.536. The van der Waals surface area contributed by atoms with Gasteiger partial charge in [-0.15, -0.1) is 0 Å². The first-order valence-corrected chi connectivity index (χ1v) is 9.70. The lowest BCUT2D eigenvalue weighted by molar-refractivity contribution is 0.148. The topological polar surface area (TPSA) is 76.2 Å². The summed E-state index contributed by atoms with van der Waals surface area (Å²) in [5, 5.41) is 9.39. The highest BCUT2D eigenvalue weighted by atomic mass is 31.2. The van der Waals surface area contributed by atoms with Gasteiger partial charge in [-0.25, -0.2) is 14.1 Å². The number of rotatable bonds is 4. The molecule has 3 aliphatic rings. The number of urea groups is 1. The molecule has 126 valence electrons. The molecule has 22 heavy (non-hydrogen) atoms. The van der Waals surface area contributed by atoms with Gasteiger partial charge in [0.05, 0.1) is 0 Å². The van der Waals surface area contributed by atoms with E-state index in [1.54, 1.807) is 0 Å². The zero-order valence-electron chi connectivity index (χ0n) is 14.0. The molecule has 3 rings (SSSR count). The first kappa shape index (κ1) is 16.2. The molecule has 2 amide bonds. The van der Waals surface area contributed by atoms with Gasteiger partial charge in [0, 0.05) is 43.3 Å². The van der Waals surface area contributed by atoms with Crippen molar-refractivity contribution in [3.63, 3.8) is 0 Å². The Balaban J connectivity index is 1.60. The monoisotopic (exact) mass is 329 g/mol. The summed E-state index contributed by atoms with van der Waals surface area (Å²) in [7, 11) is -2.84. The van der Waals surface area contributed by atoms with E-state index in [9.17, 15) is 9.36 Å². The Labute approximate surface area is 132 Å². The molecule has 3 fully saturated rings. The SMILES string of the molecule is CC1(C)CC(NC(=O)NP(=O)(N2CC2)N2CC2)CC(C)(C)N1. The number of hydrogen-bond acceptors (Lipinski definition) is 3. The molecule has 8 heteroatoms. The van der Waals surface area contributed by atoms with Crippen molar-refractivity contribution in [2.24, 2.45) is 0 Å². The second kappa shape index (κ2) is 5.20. The molecule has 3 N–H and O–H groups in total. The van der Waals surface area contributed by atoms with Gasteiger partial charge in [-0.3, -0.25) is 9.65 Å². The van der Waals surface area contributed by atoms with Crippen LogP contribution in [0.2, 0.25) is 0 Å². The van der Waals surface area contributed by atoms with Crippen LogP contribution < -0.4 is 15.7 Å². The zero-order valence-corrected chi connectivity index (χ0v) is 14.9. The van der Waals surface area contributed by atoms with Gasteiger partial charge in [0.15, 0.2) is 0 Å². The minimum absolute atomic E-state index is 0.0244. The smallest absolute Gasteiger partial charge is 0.322 e. The summed E-state index contributed by atoms with van der Waals surface area (Å²) in [6, 6.07) is -0.219. The van der Waals surface area contributed by atoms with Crippen LogP contribution in [0.1, 0.15) is 40.5 Å². The van der Waals surface area contributed by atoms with E-state index in [0.29, 0.717) is 0 Å². The number of nitrogens with one attached hydrogen (secondary N) is 3. The van der Waals surface area contributed by atoms with E-state index in [4.69, 9.17) is 0 Å². The second-order valence-corrected chi connectivity index (χ2v) is 10.5. The highest BCUT2D eigenvalue weighted by Gasteiger charge is 2.49. The Morgan fingerprint density at radius 2 is 1.50 bits per heavy atom. The molecule has 0 radical (unpaired) electrons. The molecule has 0 spiro atoms. The van der Waals surface area contributed by atoms with Crippen molar-refractivity contribution in [2.45, 2.75) is 57.7 Å². The van der Waals surface area contributed by atoms with Crippen molar-refractivity contribution < 1.29 is 9.36 Å². The molecule has 3 aliphatic heterocycles. The molecule has 0 saturated carbocycles. The number of piperidine rings is 1. The van der Waals surface area contributed by atoms with Gasteiger partial charge in [0.1, 0.15) is 0 Å². The summed E-state index contributed by atoms with van der Waals surface area (Å²) >= 11 is 0. The summed E-state index contributed by atoms with van der Waals surface area (Å²) in [5.74, 6) is 0. The summed E-state index contributed by atoms with van der Waals surface area (Å²) in [6.07, 6.45) is 1.73. The van der Waals surface area contributed by atoms with Crippen LogP contribution in [0, 0.1) is 0 Å². The second-order valence-electron chi connectivity index (χ2n) is 8.03. The number of carbonyl (C=O) groups excluding carboxylic acids is 1. The van der Waals surface area contributed by atoms with E-state index in [2.05, 4.69) is 43.4 Å². The van der Waals surface area contributed by atoms with Crippen LogP contribution in [0.4, 0.5) is 4.79 Å². The summed E-state index contributed by atoms with van der Waals surface area (Å²) in [6.45, 7) is 11.8. The third kappa shape index (κ3) is 3.65. The van der Waals surface area contributed by atoms with E-state index < -0.39 is 7.59 Å². The van der Waals surface area contributed by atoms with E-state index >= 15 is 0 Å². The molecule has 0 atom stereocenters. The van der Waals surface area contributed by atoms with Crippen LogP contribution in [-0.4, -0.2) is 58.7 Å². The van der Waals surface area contributed by atoms with E-state index in [0.717, 1.165) is 39.0 Å². The first-order valence-electron chi connectivity index (χ1n) is 8.09. The third-order valence-electron chi connectivity index (χ3n) is 4.39. The normalized spacial score (nSPS) is 28.2. The van der Waals surface area contributed by atoms with Crippen molar-refractivity contribution in [1.82, 2.24) is 25.1 Å². The molecular formula is C14H28N5O2P. The number of nitrogens with zero attached hydrogens (tertiary/aromatic N) is 2. The standard InChI is InChI=1S/C14H28N5O2P/c1-13(2)9-11(10-14(3,4)17-13)15-12(20)16-22(21,18-5-6-18)19-7-8-19/h11,17H,5-10H2,1-4H3,(H2,15,16,20,21). The molecule has 0 bridgehead atoms. The summed E-state index contributed by atoms with van der Waals surface area (Å²) in [4.78, 5) is 12.3. The third-order valence-corrected chi connectivity index (χ3v) is 7.21. The lowest BCUT2D eigenvalue weighted by atomic mass is 9.80. The largest absolute Gasteiger partial charge is 0.335 e. The summed E-state index contributed by atoms with van der Waals surface area (Å²) < 4.78 is 16.6. The zero-order chi connectivity index (χ0) is 16.2. The highest BCUT2D eigenvalue weighted by molar-refractivity contribution is 7.58. The number of amides is 2. The summed E-state index contributed by atoms with van der Waals surface area (Å²) in [5.41, 5.74) is -0.0489. The minimum atomic E-state index is -2.84. The Kier molecular flexibility index (Phi) is 3.84. The molecule has 0 unspecified atom stereocenters. The molecule has 0 aliphatic carbocycles. The van der Waals surface area contributed by atoms with Crippen molar-refractivity contribution in [1.29, 1.82) is 0 Å². The van der Waals surface area contributed by atoms with E-state index in [1.807, 2.05) is 9.34 Å². The fraction of sp³-hybridized carbons (Fsp3) is 0.929. The van der Waals surface area contributed by atoms with Gasteiger partial charge >= 0.3 is 13.6 Å². The van der Waals surface area contributed by atoms with Crippen molar-refractivity contribution >= 4 is 13.6 Å². The van der Waals surface area contributed by atoms with Gasteiger partial charge < -0.3 is 10.6 Å². The molecule has 3 heterocycles. The molecule has 0 aromatic heterocycles. The van der Waals surface area contributed by atoms with Crippen LogP contribution in [-0.2, 0) is 4.57 Å². The maximum absolute atomic E-state index is 12.9. The molecule has 3 saturated heterocycles. The van der Waals surface area contributed by atoms with Crippen molar-refractivity contribution in [3.05, 3.63) is 0 Å². The van der Waals surface area contributed by atoms with Gasteiger partial charge in [0.2, 0.25) is 0 Å². The van der Waals surface area contributed by atoms with Gasteiger partial charge in [-0.1, -0.05) is 0 Å². The van der Waals surface area contributed by atoms with Crippen LogP contribution in [0.5, 0.6) is 0 Å².